The van der Waals surface area contributed by atoms with Crippen LogP contribution in [0.15, 0.2) is 36.7 Å². The molecule has 24 heavy (non-hydrogen) atoms. The Bertz CT molecular complexity index is 698. The summed E-state index contributed by atoms with van der Waals surface area (Å²) in [6.07, 6.45) is 3.19. The third-order valence-corrected chi connectivity index (χ3v) is 4.46. The average molecular weight is 346 g/mol. The fourth-order valence-electron chi connectivity index (χ4n) is 2.55. The molecular formula is C17H20ClN5O. The molecule has 126 valence electrons. The first-order chi connectivity index (χ1) is 11.6. The Morgan fingerprint density at radius 2 is 1.92 bits per heavy atom. The number of hydrogen-bond acceptors (Lipinski definition) is 5. The van der Waals surface area contributed by atoms with E-state index in [1.54, 1.807) is 12.3 Å². The van der Waals surface area contributed by atoms with Gasteiger partial charge in [0.25, 0.3) is 5.91 Å². The highest BCUT2D eigenvalue weighted by atomic mass is 35.5. The maximum absolute atomic E-state index is 12.2. The third-order valence-electron chi connectivity index (χ3n) is 4.10. The van der Waals surface area contributed by atoms with E-state index in [4.69, 9.17) is 11.6 Å². The van der Waals surface area contributed by atoms with Gasteiger partial charge in [0.2, 0.25) is 0 Å². The van der Waals surface area contributed by atoms with Crippen LogP contribution in [0.1, 0.15) is 16.1 Å². The van der Waals surface area contributed by atoms with Crippen LogP contribution >= 0.6 is 11.6 Å². The molecule has 0 unspecified atom stereocenters. The second kappa shape index (κ2) is 7.59. The molecule has 2 heterocycles. The number of anilines is 1. The van der Waals surface area contributed by atoms with Crippen molar-refractivity contribution in [3.05, 3.63) is 52.9 Å². The van der Waals surface area contributed by atoms with Gasteiger partial charge in [0.1, 0.15) is 11.5 Å². The maximum Gasteiger partial charge on any atom is 0.271 e. The van der Waals surface area contributed by atoms with E-state index in [0.717, 1.165) is 37.6 Å². The van der Waals surface area contributed by atoms with E-state index in [0.29, 0.717) is 17.3 Å². The Kier molecular flexibility index (Phi) is 5.27. The molecule has 0 radical (unpaired) electrons. The van der Waals surface area contributed by atoms with E-state index in [-0.39, 0.29) is 5.91 Å². The molecule has 1 aliphatic rings. The number of carbonyl (C=O) groups is 1. The number of carbonyl (C=O) groups excluding carboxylic acids is 1. The van der Waals surface area contributed by atoms with Crippen molar-refractivity contribution < 1.29 is 4.79 Å². The molecule has 0 spiro atoms. The van der Waals surface area contributed by atoms with Crippen molar-refractivity contribution in [2.75, 3.05) is 38.1 Å². The van der Waals surface area contributed by atoms with Crippen LogP contribution in [0.5, 0.6) is 0 Å². The van der Waals surface area contributed by atoms with Gasteiger partial charge in [-0.15, -0.1) is 0 Å². The Morgan fingerprint density at radius 3 is 2.58 bits per heavy atom. The van der Waals surface area contributed by atoms with Crippen LogP contribution in [-0.2, 0) is 6.54 Å². The molecule has 2 aromatic rings. The fourth-order valence-corrected chi connectivity index (χ4v) is 2.75. The molecule has 1 N–H and O–H groups in total. The lowest BCUT2D eigenvalue weighted by molar-refractivity contribution is 0.0945. The molecule has 3 rings (SSSR count). The van der Waals surface area contributed by atoms with Gasteiger partial charge in [-0.25, -0.2) is 9.97 Å². The molecule has 1 aromatic carbocycles. The second-order valence-corrected chi connectivity index (χ2v) is 6.23. The minimum Gasteiger partial charge on any atom is -0.353 e. The molecule has 1 fully saturated rings. The van der Waals surface area contributed by atoms with Gasteiger partial charge in [-0.05, 0) is 18.7 Å². The lowest BCUT2D eigenvalue weighted by Crippen LogP contribution is -2.44. The largest absolute Gasteiger partial charge is 0.353 e. The molecule has 0 aliphatic carbocycles. The summed E-state index contributed by atoms with van der Waals surface area (Å²) in [5, 5.41) is 3.45. The topological polar surface area (TPSA) is 61.4 Å². The average Bonchev–Trinajstić information content (AvgIpc) is 2.62. The summed E-state index contributed by atoms with van der Waals surface area (Å²) in [5.41, 5.74) is 1.18. The Balaban J connectivity index is 1.59. The SMILES string of the molecule is CN1CCN(c2cnc(C(=O)NCc3ccccc3Cl)cn2)CC1. The molecule has 1 saturated heterocycles. The van der Waals surface area contributed by atoms with Crippen molar-refractivity contribution in [2.24, 2.45) is 0 Å². The summed E-state index contributed by atoms with van der Waals surface area (Å²) in [6, 6.07) is 7.42. The first-order valence-corrected chi connectivity index (χ1v) is 8.28. The maximum atomic E-state index is 12.2. The van der Waals surface area contributed by atoms with Gasteiger partial charge in [0, 0.05) is 37.7 Å². The monoisotopic (exact) mass is 345 g/mol. The first kappa shape index (κ1) is 16.7. The summed E-state index contributed by atoms with van der Waals surface area (Å²) in [4.78, 5) is 25.3. The number of nitrogens with zero attached hydrogens (tertiary/aromatic N) is 4. The molecular weight excluding hydrogens is 326 g/mol. The number of benzene rings is 1. The zero-order valence-electron chi connectivity index (χ0n) is 13.6. The van der Waals surface area contributed by atoms with Crippen LogP contribution in [0.3, 0.4) is 0 Å². The smallest absolute Gasteiger partial charge is 0.271 e. The summed E-state index contributed by atoms with van der Waals surface area (Å²) in [6.45, 7) is 4.20. The summed E-state index contributed by atoms with van der Waals surface area (Å²) >= 11 is 6.08. The van der Waals surface area contributed by atoms with Gasteiger partial charge in [-0.2, -0.15) is 0 Å². The van der Waals surface area contributed by atoms with Crippen molar-refractivity contribution >= 4 is 23.3 Å². The van der Waals surface area contributed by atoms with Gasteiger partial charge >= 0.3 is 0 Å². The van der Waals surface area contributed by atoms with Crippen molar-refractivity contribution in [3.8, 4) is 0 Å². The van der Waals surface area contributed by atoms with Crippen LogP contribution < -0.4 is 10.2 Å². The van der Waals surface area contributed by atoms with Crippen LogP contribution in [0.25, 0.3) is 0 Å². The van der Waals surface area contributed by atoms with Crippen molar-refractivity contribution in [1.82, 2.24) is 20.2 Å². The number of halogens is 1. The zero-order valence-corrected chi connectivity index (χ0v) is 14.3. The van der Waals surface area contributed by atoms with Crippen LogP contribution in [0.4, 0.5) is 5.82 Å². The van der Waals surface area contributed by atoms with E-state index in [1.165, 1.54) is 6.20 Å². The molecule has 0 saturated carbocycles. The highest BCUT2D eigenvalue weighted by Crippen LogP contribution is 2.15. The second-order valence-electron chi connectivity index (χ2n) is 5.82. The molecule has 1 aliphatic heterocycles. The standard InChI is InChI=1S/C17H20ClN5O/c1-22-6-8-23(9-7-22)16-12-19-15(11-20-16)17(24)21-10-13-4-2-3-5-14(13)18/h2-5,11-12H,6-10H2,1H3,(H,21,24). The fraction of sp³-hybridized carbons (Fsp3) is 0.353. The van der Waals surface area contributed by atoms with Crippen LogP contribution in [0.2, 0.25) is 5.02 Å². The van der Waals surface area contributed by atoms with Gasteiger partial charge in [-0.1, -0.05) is 29.8 Å². The Hall–Kier alpha value is -2.18. The number of rotatable bonds is 4. The summed E-state index contributed by atoms with van der Waals surface area (Å²) < 4.78 is 0. The highest BCUT2D eigenvalue weighted by molar-refractivity contribution is 6.31. The molecule has 0 atom stereocenters. The summed E-state index contributed by atoms with van der Waals surface area (Å²) in [5.74, 6) is 0.554. The van der Waals surface area contributed by atoms with Crippen molar-refractivity contribution in [2.45, 2.75) is 6.54 Å². The van der Waals surface area contributed by atoms with Gasteiger partial charge < -0.3 is 15.1 Å². The van der Waals surface area contributed by atoms with E-state index in [2.05, 4.69) is 32.1 Å². The third kappa shape index (κ3) is 4.01. The predicted molar refractivity (Wildman–Crippen MR) is 94.4 cm³/mol. The van der Waals surface area contributed by atoms with Gasteiger partial charge in [0.15, 0.2) is 0 Å². The number of nitrogens with one attached hydrogen (secondary N) is 1. The lowest BCUT2D eigenvalue weighted by Gasteiger charge is -2.32. The minimum atomic E-state index is -0.257. The minimum absolute atomic E-state index is 0.257. The molecule has 1 aromatic heterocycles. The van der Waals surface area contributed by atoms with Gasteiger partial charge in [0.05, 0.1) is 12.4 Å². The number of hydrogen-bond donors (Lipinski definition) is 1. The van der Waals surface area contributed by atoms with E-state index in [9.17, 15) is 4.79 Å². The van der Waals surface area contributed by atoms with E-state index < -0.39 is 0 Å². The predicted octanol–water partition coefficient (Wildman–Crippen LogP) is 1.81. The quantitative estimate of drug-likeness (QED) is 0.915. The summed E-state index contributed by atoms with van der Waals surface area (Å²) in [7, 11) is 2.11. The molecule has 7 heteroatoms. The van der Waals surface area contributed by atoms with Crippen molar-refractivity contribution in [1.29, 1.82) is 0 Å². The molecule has 0 bridgehead atoms. The van der Waals surface area contributed by atoms with Gasteiger partial charge in [-0.3, -0.25) is 4.79 Å². The Labute approximate surface area is 146 Å². The lowest BCUT2D eigenvalue weighted by atomic mass is 10.2. The molecule has 1 amide bonds. The number of aromatic nitrogens is 2. The number of likely N-dealkylation sites (N-methyl/N-ethyl adjacent to an activating group) is 1. The highest BCUT2D eigenvalue weighted by Gasteiger charge is 2.16. The first-order valence-electron chi connectivity index (χ1n) is 7.90. The number of amides is 1. The van der Waals surface area contributed by atoms with Crippen LogP contribution in [0, 0.1) is 0 Å². The Morgan fingerprint density at radius 1 is 1.17 bits per heavy atom. The molecule has 6 nitrogen and oxygen atoms in total. The normalized spacial score (nSPS) is 15.3. The van der Waals surface area contributed by atoms with Crippen LogP contribution in [-0.4, -0.2) is 54.0 Å². The van der Waals surface area contributed by atoms with E-state index in [1.807, 2.05) is 18.2 Å². The van der Waals surface area contributed by atoms with Crippen molar-refractivity contribution in [3.63, 3.8) is 0 Å². The zero-order chi connectivity index (χ0) is 16.9. The van der Waals surface area contributed by atoms with E-state index >= 15 is 0 Å². The number of piperazine rings is 1.